The van der Waals surface area contributed by atoms with E-state index in [1.807, 2.05) is 55.1 Å². The molecule has 0 spiro atoms. The van der Waals surface area contributed by atoms with E-state index in [0.717, 1.165) is 52.7 Å². The van der Waals surface area contributed by atoms with Crippen LogP contribution in [0.4, 0.5) is 11.5 Å². The fraction of sp³-hybridized carbons (Fsp3) is 0.240. The van der Waals surface area contributed by atoms with Gasteiger partial charge in [-0.1, -0.05) is 6.07 Å². The van der Waals surface area contributed by atoms with Gasteiger partial charge in [0.05, 0.1) is 12.8 Å². The Bertz CT molecular complexity index is 1390. The Morgan fingerprint density at radius 2 is 1.81 bits per heavy atom. The Labute approximate surface area is 186 Å². The van der Waals surface area contributed by atoms with Crippen LogP contribution in [0.3, 0.4) is 0 Å². The minimum absolute atomic E-state index is 0.0601. The molecule has 1 aliphatic rings. The lowest BCUT2D eigenvalue weighted by Crippen LogP contribution is -2.20. The van der Waals surface area contributed by atoms with Crippen LogP contribution in [0.15, 0.2) is 59.7 Å². The first-order valence-corrected chi connectivity index (χ1v) is 10.6. The largest absolute Gasteiger partial charge is 0.497 e. The van der Waals surface area contributed by atoms with Crippen molar-refractivity contribution in [1.29, 1.82) is 0 Å². The number of aryl methyl sites for hydroxylation is 3. The summed E-state index contributed by atoms with van der Waals surface area (Å²) in [6.45, 7) is 6.74. The third-order valence-electron chi connectivity index (χ3n) is 5.95. The fourth-order valence-electron chi connectivity index (χ4n) is 4.32. The first kappa shape index (κ1) is 20.1. The second-order valence-electron chi connectivity index (χ2n) is 8.12. The monoisotopic (exact) mass is 427 g/mol. The lowest BCUT2D eigenvalue weighted by molar-refractivity contribution is 0.414. The number of hydrogen-bond donors (Lipinski definition) is 0. The number of methoxy groups -OCH3 is 1. The smallest absolute Gasteiger partial charge is 0.259 e. The number of rotatable bonds is 4. The van der Waals surface area contributed by atoms with Crippen molar-refractivity contribution in [2.75, 3.05) is 18.6 Å². The van der Waals surface area contributed by atoms with Crippen molar-refractivity contribution in [1.82, 2.24) is 19.3 Å². The molecule has 7 heteroatoms. The number of ether oxygens (including phenoxy) is 1. The van der Waals surface area contributed by atoms with Crippen LogP contribution < -0.4 is 15.2 Å². The summed E-state index contributed by atoms with van der Waals surface area (Å²) < 4.78 is 8.79. The normalized spacial score (nSPS) is 12.8. The second kappa shape index (κ2) is 7.67. The molecule has 4 aromatic rings. The highest BCUT2D eigenvalue weighted by molar-refractivity contribution is 5.73. The molecule has 1 aliphatic heterocycles. The Kier molecular flexibility index (Phi) is 4.81. The molecular formula is C25H25N5O2. The highest BCUT2D eigenvalue weighted by atomic mass is 16.5. The van der Waals surface area contributed by atoms with Crippen LogP contribution in [-0.2, 0) is 6.42 Å². The third-order valence-corrected chi connectivity index (χ3v) is 5.95. The van der Waals surface area contributed by atoms with E-state index in [-0.39, 0.29) is 5.56 Å². The van der Waals surface area contributed by atoms with Crippen LogP contribution in [0.5, 0.6) is 5.75 Å². The predicted octanol–water partition coefficient (Wildman–Crippen LogP) is 4.05. The van der Waals surface area contributed by atoms with Crippen molar-refractivity contribution in [3.8, 4) is 17.3 Å². The van der Waals surface area contributed by atoms with E-state index >= 15 is 0 Å². The van der Waals surface area contributed by atoms with Gasteiger partial charge < -0.3 is 9.64 Å². The lowest BCUT2D eigenvalue weighted by Gasteiger charge is -2.22. The minimum atomic E-state index is -0.0601. The number of fused-ring (bicyclic) bond motifs is 1. The van der Waals surface area contributed by atoms with Crippen LogP contribution >= 0.6 is 0 Å². The summed E-state index contributed by atoms with van der Waals surface area (Å²) in [5.74, 6) is 2.40. The molecule has 0 saturated carbocycles. The molecule has 1 aromatic carbocycles. The number of pyridine rings is 2. The Morgan fingerprint density at radius 3 is 2.59 bits per heavy atom. The minimum Gasteiger partial charge on any atom is -0.497 e. The molecule has 0 N–H and O–H groups in total. The van der Waals surface area contributed by atoms with Gasteiger partial charge in [0, 0.05) is 47.5 Å². The standard InChI is InChI=1S/C25H25N5O2/c1-16-6-5-11-29(25(16)31)23-10-13-30(27-23)22-15-18(3)26-24-20(22)9-12-28(24)21-8-7-19(32-4)14-17(21)2/h5-8,10-11,13-15H,9,12H2,1-4H3. The first-order chi connectivity index (χ1) is 15.5. The van der Waals surface area contributed by atoms with Gasteiger partial charge in [-0.3, -0.25) is 9.36 Å². The van der Waals surface area contributed by atoms with E-state index in [0.29, 0.717) is 11.4 Å². The molecule has 0 atom stereocenters. The predicted molar refractivity (Wildman–Crippen MR) is 125 cm³/mol. The third kappa shape index (κ3) is 3.26. The number of hydrogen-bond acceptors (Lipinski definition) is 5. The zero-order valence-corrected chi connectivity index (χ0v) is 18.7. The van der Waals surface area contributed by atoms with Crippen molar-refractivity contribution >= 4 is 11.5 Å². The van der Waals surface area contributed by atoms with Gasteiger partial charge in [-0.2, -0.15) is 0 Å². The first-order valence-electron chi connectivity index (χ1n) is 10.6. The van der Waals surface area contributed by atoms with Crippen molar-refractivity contribution < 1.29 is 4.74 Å². The number of nitrogens with zero attached hydrogens (tertiary/aromatic N) is 5. The van der Waals surface area contributed by atoms with E-state index in [1.54, 1.807) is 17.9 Å². The van der Waals surface area contributed by atoms with Crippen molar-refractivity contribution in [3.63, 3.8) is 0 Å². The summed E-state index contributed by atoms with van der Waals surface area (Å²) in [5.41, 5.74) is 5.96. The number of aromatic nitrogens is 4. The summed E-state index contributed by atoms with van der Waals surface area (Å²) in [6, 6.07) is 13.7. The van der Waals surface area contributed by atoms with Gasteiger partial charge in [0.25, 0.3) is 5.56 Å². The van der Waals surface area contributed by atoms with Crippen molar-refractivity contribution in [2.45, 2.75) is 27.2 Å². The van der Waals surface area contributed by atoms with E-state index in [9.17, 15) is 4.79 Å². The van der Waals surface area contributed by atoms with Gasteiger partial charge in [0.2, 0.25) is 0 Å². The van der Waals surface area contributed by atoms with E-state index in [1.165, 1.54) is 0 Å². The average Bonchev–Trinajstić information content (AvgIpc) is 3.43. The van der Waals surface area contributed by atoms with E-state index < -0.39 is 0 Å². The maximum absolute atomic E-state index is 12.5. The summed E-state index contributed by atoms with van der Waals surface area (Å²) in [6.07, 6.45) is 4.52. The van der Waals surface area contributed by atoms with Gasteiger partial charge in [0.1, 0.15) is 11.6 Å². The van der Waals surface area contributed by atoms with E-state index in [4.69, 9.17) is 14.8 Å². The molecule has 0 bridgehead atoms. The molecule has 32 heavy (non-hydrogen) atoms. The van der Waals surface area contributed by atoms with Crippen LogP contribution in [0, 0.1) is 20.8 Å². The van der Waals surface area contributed by atoms with Crippen LogP contribution in [0.2, 0.25) is 0 Å². The molecule has 0 amide bonds. The molecule has 0 saturated heterocycles. The fourth-order valence-corrected chi connectivity index (χ4v) is 4.32. The SMILES string of the molecule is COc1ccc(N2CCc3c(-n4ccc(-n5cccc(C)c5=O)n4)cc(C)nc32)c(C)c1. The molecular weight excluding hydrogens is 402 g/mol. The zero-order chi connectivity index (χ0) is 22.4. The molecule has 0 radical (unpaired) electrons. The summed E-state index contributed by atoms with van der Waals surface area (Å²) in [7, 11) is 1.68. The Balaban J connectivity index is 1.58. The van der Waals surface area contributed by atoms with Gasteiger partial charge >= 0.3 is 0 Å². The zero-order valence-electron chi connectivity index (χ0n) is 18.7. The molecule has 0 aliphatic carbocycles. The maximum Gasteiger partial charge on any atom is 0.259 e. The van der Waals surface area contributed by atoms with Crippen LogP contribution in [0.25, 0.3) is 11.5 Å². The Hall–Kier alpha value is -3.87. The molecule has 162 valence electrons. The number of anilines is 2. The summed E-state index contributed by atoms with van der Waals surface area (Å²) >= 11 is 0. The van der Waals surface area contributed by atoms with Crippen molar-refractivity contribution in [3.05, 3.63) is 87.6 Å². The molecule has 5 rings (SSSR count). The van der Waals surface area contributed by atoms with Gasteiger partial charge in [0.15, 0.2) is 5.82 Å². The van der Waals surface area contributed by atoms with E-state index in [2.05, 4.69) is 24.0 Å². The number of benzene rings is 1. The molecule has 7 nitrogen and oxygen atoms in total. The second-order valence-corrected chi connectivity index (χ2v) is 8.12. The topological polar surface area (TPSA) is 65.2 Å². The molecule has 3 aromatic heterocycles. The van der Waals surface area contributed by atoms with Gasteiger partial charge in [-0.25, -0.2) is 9.67 Å². The van der Waals surface area contributed by atoms with Crippen molar-refractivity contribution in [2.24, 2.45) is 0 Å². The average molecular weight is 428 g/mol. The summed E-state index contributed by atoms with van der Waals surface area (Å²) in [5, 5.41) is 4.73. The van der Waals surface area contributed by atoms with Crippen LogP contribution in [-0.4, -0.2) is 33.0 Å². The van der Waals surface area contributed by atoms with Crippen LogP contribution in [0.1, 0.15) is 22.4 Å². The summed E-state index contributed by atoms with van der Waals surface area (Å²) in [4.78, 5) is 19.7. The van der Waals surface area contributed by atoms with Gasteiger partial charge in [-0.05, 0) is 63.1 Å². The maximum atomic E-state index is 12.5. The molecule has 0 fully saturated rings. The highest BCUT2D eigenvalue weighted by Gasteiger charge is 2.27. The Morgan fingerprint density at radius 1 is 0.969 bits per heavy atom. The lowest BCUT2D eigenvalue weighted by atomic mass is 10.1. The quantitative estimate of drug-likeness (QED) is 0.492. The molecule has 0 unspecified atom stereocenters. The van der Waals surface area contributed by atoms with Gasteiger partial charge in [-0.15, -0.1) is 5.10 Å². The molecule has 4 heterocycles. The highest BCUT2D eigenvalue weighted by Crippen LogP contribution is 2.38.